The van der Waals surface area contributed by atoms with Crippen LogP contribution in [-0.4, -0.2) is 17.3 Å². The van der Waals surface area contributed by atoms with E-state index in [1.807, 2.05) is 6.92 Å². The van der Waals surface area contributed by atoms with Crippen molar-refractivity contribution in [2.24, 2.45) is 0 Å². The maximum atomic E-state index is 12.3. The smallest absolute Gasteiger partial charge is 0.336 e. The molecule has 1 unspecified atom stereocenters. The highest BCUT2D eigenvalue weighted by Crippen LogP contribution is 2.49. The lowest BCUT2D eigenvalue weighted by molar-refractivity contribution is 0.0849. The van der Waals surface area contributed by atoms with Gasteiger partial charge in [0.05, 0.1) is 17.1 Å². The summed E-state index contributed by atoms with van der Waals surface area (Å²) in [4.78, 5) is 12.3. The van der Waals surface area contributed by atoms with Gasteiger partial charge in [0.25, 0.3) is 0 Å². The minimum absolute atomic E-state index is 0.295. The van der Waals surface area contributed by atoms with Crippen molar-refractivity contribution in [2.75, 3.05) is 6.61 Å². The number of rotatable bonds is 7. The zero-order valence-corrected chi connectivity index (χ0v) is 17.3. The molecule has 1 aliphatic heterocycles. The Morgan fingerprint density at radius 2 is 2.14 bits per heavy atom. The number of hydrogen-bond acceptors (Lipinski definition) is 5. The van der Waals surface area contributed by atoms with Crippen molar-refractivity contribution in [1.82, 2.24) is 0 Å². The number of aryl methyl sites for hydroxylation is 1. The minimum atomic E-state index is -0.803. The van der Waals surface area contributed by atoms with Crippen LogP contribution in [0.2, 0.25) is 0 Å². The van der Waals surface area contributed by atoms with Crippen molar-refractivity contribution in [3.05, 3.63) is 45.8 Å². The van der Waals surface area contributed by atoms with Crippen molar-refractivity contribution >= 4 is 11.0 Å². The van der Waals surface area contributed by atoms with E-state index < -0.39 is 11.7 Å². The molecule has 1 aromatic heterocycles. The lowest BCUT2D eigenvalue weighted by Crippen LogP contribution is -2.33. The Bertz CT molecular complexity index is 938. The van der Waals surface area contributed by atoms with Gasteiger partial charge in [-0.05, 0) is 45.1 Å². The summed E-state index contributed by atoms with van der Waals surface area (Å²) >= 11 is 0. The van der Waals surface area contributed by atoms with E-state index in [1.54, 1.807) is 12.1 Å². The molecule has 5 nitrogen and oxygen atoms in total. The fourth-order valence-corrected chi connectivity index (χ4v) is 3.87. The van der Waals surface area contributed by atoms with E-state index in [0.717, 1.165) is 42.2 Å². The number of ether oxygens (including phenoxy) is 2. The van der Waals surface area contributed by atoms with Crippen molar-refractivity contribution in [1.29, 1.82) is 0 Å². The average molecular weight is 386 g/mol. The lowest BCUT2D eigenvalue weighted by Gasteiger charge is -2.35. The number of hydrogen-bond donors (Lipinski definition) is 1. The second kappa shape index (κ2) is 8.00. The molecule has 0 radical (unpaired) electrons. The molecule has 0 saturated carbocycles. The van der Waals surface area contributed by atoms with E-state index in [1.165, 1.54) is 0 Å². The zero-order valence-electron chi connectivity index (χ0n) is 17.3. The molecule has 28 heavy (non-hydrogen) atoms. The molecule has 0 saturated heterocycles. The second-order valence-electron chi connectivity index (χ2n) is 7.98. The Balaban J connectivity index is 2.47. The van der Waals surface area contributed by atoms with Gasteiger partial charge in [-0.3, -0.25) is 0 Å². The summed E-state index contributed by atoms with van der Waals surface area (Å²) in [6.45, 7) is 12.1. The van der Waals surface area contributed by atoms with E-state index in [4.69, 9.17) is 13.9 Å². The van der Waals surface area contributed by atoms with Gasteiger partial charge in [-0.1, -0.05) is 32.9 Å². The van der Waals surface area contributed by atoms with Crippen LogP contribution < -0.4 is 15.1 Å². The summed E-state index contributed by atoms with van der Waals surface area (Å²) < 4.78 is 18.1. The van der Waals surface area contributed by atoms with E-state index in [9.17, 15) is 9.90 Å². The first kappa shape index (κ1) is 20.5. The van der Waals surface area contributed by atoms with E-state index in [0.29, 0.717) is 35.7 Å². The monoisotopic (exact) mass is 386 g/mol. The first-order chi connectivity index (χ1) is 13.3. The Morgan fingerprint density at radius 1 is 1.39 bits per heavy atom. The topological polar surface area (TPSA) is 68.9 Å². The van der Waals surface area contributed by atoms with Crippen molar-refractivity contribution in [3.63, 3.8) is 0 Å². The number of aliphatic hydroxyl groups is 1. The molecule has 0 bridgehead atoms. The fourth-order valence-electron chi connectivity index (χ4n) is 3.87. The van der Waals surface area contributed by atoms with Gasteiger partial charge in [0.1, 0.15) is 23.7 Å². The number of fused-ring (bicyclic) bond motifs is 3. The standard InChI is InChI=1S/C23H30O5/c1-6-9-14-13-17(25)27-22-18(14)21-15(10-11-23(4,5)28-21)20(26-12-7-2)19(22)16(24)8-3/h7,13,16,24H,2,6,8-12H2,1,3-5H3. The molecular formula is C23H30O5. The SMILES string of the molecule is C=CCOc1c2c(c3c(CCC)cc(=O)oc3c1C(O)CC)OC(C)(C)CC2. The number of benzene rings is 1. The maximum Gasteiger partial charge on any atom is 0.336 e. The Morgan fingerprint density at radius 3 is 2.79 bits per heavy atom. The highest BCUT2D eigenvalue weighted by molar-refractivity contribution is 5.93. The first-order valence-electron chi connectivity index (χ1n) is 10.1. The molecule has 0 spiro atoms. The third kappa shape index (κ3) is 3.68. The molecule has 2 aromatic rings. The van der Waals surface area contributed by atoms with Gasteiger partial charge in [-0.25, -0.2) is 4.79 Å². The van der Waals surface area contributed by atoms with Crippen LogP contribution in [0.3, 0.4) is 0 Å². The van der Waals surface area contributed by atoms with E-state index in [-0.39, 0.29) is 5.60 Å². The van der Waals surface area contributed by atoms with Gasteiger partial charge in [0.2, 0.25) is 0 Å². The van der Waals surface area contributed by atoms with Gasteiger partial charge in [0, 0.05) is 11.6 Å². The Kier molecular flexibility index (Phi) is 5.84. The average Bonchev–Trinajstić information content (AvgIpc) is 2.64. The first-order valence-corrected chi connectivity index (χ1v) is 10.1. The van der Waals surface area contributed by atoms with Crippen LogP contribution in [-0.2, 0) is 12.8 Å². The zero-order chi connectivity index (χ0) is 20.5. The van der Waals surface area contributed by atoms with Crippen molar-refractivity contribution < 1.29 is 19.0 Å². The van der Waals surface area contributed by atoms with Crippen LogP contribution >= 0.6 is 0 Å². The molecule has 3 rings (SSSR count). The maximum absolute atomic E-state index is 12.3. The van der Waals surface area contributed by atoms with Gasteiger partial charge < -0.3 is 19.0 Å². The molecular weight excluding hydrogens is 356 g/mol. The van der Waals surface area contributed by atoms with Crippen molar-refractivity contribution in [2.45, 2.75) is 71.5 Å². The van der Waals surface area contributed by atoms with Crippen LogP contribution in [0, 0.1) is 0 Å². The molecule has 1 atom stereocenters. The van der Waals surface area contributed by atoms with Crippen LogP contribution in [0.25, 0.3) is 11.0 Å². The third-order valence-corrected chi connectivity index (χ3v) is 5.25. The third-order valence-electron chi connectivity index (χ3n) is 5.25. The molecule has 5 heteroatoms. The molecule has 1 aromatic carbocycles. The Hall–Kier alpha value is -2.27. The molecule has 2 heterocycles. The van der Waals surface area contributed by atoms with Gasteiger partial charge >= 0.3 is 5.63 Å². The van der Waals surface area contributed by atoms with Crippen LogP contribution in [0.5, 0.6) is 11.5 Å². The molecule has 1 N–H and O–H groups in total. The van der Waals surface area contributed by atoms with E-state index in [2.05, 4.69) is 27.4 Å². The summed E-state index contributed by atoms with van der Waals surface area (Å²) in [5.41, 5.74) is 1.98. The predicted octanol–water partition coefficient (Wildman–Crippen LogP) is 4.86. The number of aliphatic hydroxyl groups excluding tert-OH is 1. The largest absolute Gasteiger partial charge is 0.489 e. The summed E-state index contributed by atoms with van der Waals surface area (Å²) in [7, 11) is 0. The summed E-state index contributed by atoms with van der Waals surface area (Å²) in [6.07, 6.45) is 4.55. The highest BCUT2D eigenvalue weighted by Gasteiger charge is 2.35. The lowest BCUT2D eigenvalue weighted by atomic mass is 9.87. The second-order valence-corrected chi connectivity index (χ2v) is 7.98. The minimum Gasteiger partial charge on any atom is -0.489 e. The summed E-state index contributed by atoms with van der Waals surface area (Å²) in [6, 6.07) is 1.55. The van der Waals surface area contributed by atoms with Crippen LogP contribution in [0.1, 0.15) is 69.8 Å². The molecule has 0 fully saturated rings. The Labute approximate surface area is 166 Å². The summed E-state index contributed by atoms with van der Waals surface area (Å²) in [5.74, 6) is 1.27. The van der Waals surface area contributed by atoms with Crippen LogP contribution in [0.15, 0.2) is 27.9 Å². The van der Waals surface area contributed by atoms with Crippen molar-refractivity contribution in [3.8, 4) is 11.5 Å². The van der Waals surface area contributed by atoms with Gasteiger partial charge in [-0.15, -0.1) is 0 Å². The van der Waals surface area contributed by atoms with Gasteiger partial charge in [0.15, 0.2) is 5.58 Å². The van der Waals surface area contributed by atoms with Crippen LogP contribution in [0.4, 0.5) is 0 Å². The molecule has 0 aliphatic carbocycles. The van der Waals surface area contributed by atoms with Gasteiger partial charge in [-0.2, -0.15) is 0 Å². The fraction of sp³-hybridized carbons (Fsp3) is 0.522. The molecule has 1 aliphatic rings. The normalized spacial score (nSPS) is 16.3. The quantitative estimate of drug-likeness (QED) is 0.544. The molecule has 0 amide bonds. The van der Waals surface area contributed by atoms with E-state index >= 15 is 0 Å². The summed E-state index contributed by atoms with van der Waals surface area (Å²) in [5, 5.41) is 11.6. The molecule has 152 valence electrons. The predicted molar refractivity (Wildman–Crippen MR) is 110 cm³/mol. The highest BCUT2D eigenvalue weighted by atomic mass is 16.5.